The smallest absolute Gasteiger partial charge is 0.239 e. The first-order valence-corrected chi connectivity index (χ1v) is 7.59. The molecule has 0 spiro atoms. The zero-order valence-corrected chi connectivity index (χ0v) is 13.6. The molecule has 23 heavy (non-hydrogen) atoms. The van der Waals surface area contributed by atoms with Crippen molar-refractivity contribution in [1.82, 2.24) is 5.32 Å². The quantitative estimate of drug-likeness (QED) is 0.729. The zero-order chi connectivity index (χ0) is 16.5. The third-order valence-electron chi connectivity index (χ3n) is 3.04. The molecule has 5 nitrogen and oxygen atoms in total. The van der Waals surface area contributed by atoms with Gasteiger partial charge in [-0.1, -0.05) is 29.8 Å². The minimum absolute atomic E-state index is 0.127. The van der Waals surface area contributed by atoms with Gasteiger partial charge in [0.2, 0.25) is 5.91 Å². The van der Waals surface area contributed by atoms with Crippen molar-refractivity contribution in [2.24, 2.45) is 0 Å². The van der Waals surface area contributed by atoms with Gasteiger partial charge in [-0.3, -0.25) is 4.79 Å². The van der Waals surface area contributed by atoms with E-state index < -0.39 is 0 Å². The summed E-state index contributed by atoms with van der Waals surface area (Å²) < 4.78 is 10.7. The maximum Gasteiger partial charge on any atom is 0.239 e. The van der Waals surface area contributed by atoms with Gasteiger partial charge in [0.15, 0.2) is 0 Å². The highest BCUT2D eigenvalue weighted by Gasteiger charge is 2.06. The number of halogens is 1. The van der Waals surface area contributed by atoms with Gasteiger partial charge >= 0.3 is 0 Å². The van der Waals surface area contributed by atoms with Crippen LogP contribution in [0.15, 0.2) is 48.5 Å². The van der Waals surface area contributed by atoms with Crippen molar-refractivity contribution in [3.8, 4) is 11.5 Å². The Kier molecular flexibility index (Phi) is 6.56. The van der Waals surface area contributed by atoms with Crippen LogP contribution < -0.4 is 20.1 Å². The molecule has 0 fully saturated rings. The van der Waals surface area contributed by atoms with Crippen LogP contribution in [0.5, 0.6) is 11.5 Å². The Morgan fingerprint density at radius 2 is 1.96 bits per heavy atom. The molecule has 0 unspecified atom stereocenters. The average molecular weight is 335 g/mol. The molecular formula is C17H19ClN2O3. The Morgan fingerprint density at radius 3 is 2.70 bits per heavy atom. The van der Waals surface area contributed by atoms with E-state index in [2.05, 4.69) is 10.6 Å². The average Bonchev–Trinajstić information content (AvgIpc) is 2.58. The summed E-state index contributed by atoms with van der Waals surface area (Å²) in [6, 6.07) is 14.6. The predicted molar refractivity (Wildman–Crippen MR) is 91.4 cm³/mol. The topological polar surface area (TPSA) is 59.6 Å². The molecule has 6 heteroatoms. The Labute approximate surface area is 140 Å². The van der Waals surface area contributed by atoms with Crippen molar-refractivity contribution in [2.75, 3.05) is 32.1 Å². The van der Waals surface area contributed by atoms with Crippen LogP contribution in [0, 0.1) is 0 Å². The molecule has 0 saturated carbocycles. The van der Waals surface area contributed by atoms with Crippen molar-refractivity contribution < 1.29 is 14.3 Å². The summed E-state index contributed by atoms with van der Waals surface area (Å²) in [6.07, 6.45) is 0. The van der Waals surface area contributed by atoms with Crippen LogP contribution in [0.1, 0.15) is 0 Å². The summed E-state index contributed by atoms with van der Waals surface area (Å²) >= 11 is 5.94. The second-order valence-corrected chi connectivity index (χ2v) is 5.15. The molecule has 2 N–H and O–H groups in total. The highest BCUT2D eigenvalue weighted by atomic mass is 35.5. The van der Waals surface area contributed by atoms with Crippen molar-refractivity contribution in [3.05, 3.63) is 53.6 Å². The lowest BCUT2D eigenvalue weighted by molar-refractivity contribution is -0.119. The van der Waals surface area contributed by atoms with Crippen LogP contribution in [0.3, 0.4) is 0 Å². The van der Waals surface area contributed by atoms with Gasteiger partial charge in [0.25, 0.3) is 0 Å². The van der Waals surface area contributed by atoms with Gasteiger partial charge in [-0.2, -0.15) is 0 Å². The van der Waals surface area contributed by atoms with Crippen molar-refractivity contribution >= 4 is 23.2 Å². The van der Waals surface area contributed by atoms with Gasteiger partial charge in [-0.15, -0.1) is 0 Å². The van der Waals surface area contributed by atoms with Crippen LogP contribution in [-0.4, -0.2) is 32.7 Å². The number of methoxy groups -OCH3 is 1. The first-order chi connectivity index (χ1) is 11.2. The second-order valence-electron chi connectivity index (χ2n) is 4.71. The Hall–Kier alpha value is -2.40. The monoisotopic (exact) mass is 334 g/mol. The Bertz CT molecular complexity index is 635. The van der Waals surface area contributed by atoms with Gasteiger partial charge in [-0.05, 0) is 30.3 Å². The SMILES string of the molecule is COc1ccc(Cl)cc1NCC(=O)NCCOc1ccccc1. The molecule has 0 aliphatic carbocycles. The van der Waals surface area contributed by atoms with E-state index in [1.54, 1.807) is 25.3 Å². The number of amides is 1. The van der Waals surface area contributed by atoms with E-state index in [1.165, 1.54) is 0 Å². The number of hydrogen-bond acceptors (Lipinski definition) is 4. The van der Waals surface area contributed by atoms with Crippen molar-refractivity contribution in [3.63, 3.8) is 0 Å². The van der Waals surface area contributed by atoms with Crippen LogP contribution in [0.25, 0.3) is 0 Å². The summed E-state index contributed by atoms with van der Waals surface area (Å²) in [5.41, 5.74) is 0.677. The van der Waals surface area contributed by atoms with Gasteiger partial charge in [0, 0.05) is 5.02 Å². The van der Waals surface area contributed by atoms with Crippen LogP contribution in [0.4, 0.5) is 5.69 Å². The first-order valence-electron chi connectivity index (χ1n) is 7.21. The molecular weight excluding hydrogens is 316 g/mol. The van der Waals surface area contributed by atoms with Gasteiger partial charge in [-0.25, -0.2) is 0 Å². The Morgan fingerprint density at radius 1 is 1.17 bits per heavy atom. The number of rotatable bonds is 8. The first kappa shape index (κ1) is 17.0. The standard InChI is InChI=1S/C17H19ClN2O3/c1-22-16-8-7-13(18)11-15(16)20-12-17(21)19-9-10-23-14-5-3-2-4-6-14/h2-8,11,20H,9-10,12H2,1H3,(H,19,21). The summed E-state index contributed by atoms with van der Waals surface area (Å²) in [4.78, 5) is 11.8. The third kappa shape index (κ3) is 5.71. The number of para-hydroxylation sites is 1. The molecule has 0 heterocycles. The van der Waals surface area contributed by atoms with Crippen LogP contribution >= 0.6 is 11.6 Å². The molecule has 0 bridgehead atoms. The normalized spacial score (nSPS) is 10.0. The number of hydrogen-bond donors (Lipinski definition) is 2. The van der Waals surface area contributed by atoms with Gasteiger partial charge in [0.1, 0.15) is 18.1 Å². The van der Waals surface area contributed by atoms with Gasteiger partial charge < -0.3 is 20.1 Å². The molecule has 0 radical (unpaired) electrons. The largest absolute Gasteiger partial charge is 0.495 e. The third-order valence-corrected chi connectivity index (χ3v) is 3.27. The van der Waals surface area contributed by atoms with Gasteiger partial charge in [0.05, 0.1) is 25.9 Å². The Balaban J connectivity index is 1.70. The van der Waals surface area contributed by atoms with E-state index in [1.807, 2.05) is 30.3 Å². The maximum absolute atomic E-state index is 11.8. The van der Waals surface area contributed by atoms with Crippen molar-refractivity contribution in [1.29, 1.82) is 0 Å². The van der Waals surface area contributed by atoms with E-state index in [0.717, 1.165) is 5.75 Å². The molecule has 2 aromatic rings. The molecule has 0 aliphatic rings. The summed E-state index contributed by atoms with van der Waals surface area (Å²) in [5.74, 6) is 1.28. The van der Waals surface area contributed by atoms with E-state index in [-0.39, 0.29) is 12.5 Å². The fourth-order valence-electron chi connectivity index (χ4n) is 1.93. The highest BCUT2D eigenvalue weighted by molar-refractivity contribution is 6.30. The number of nitrogens with one attached hydrogen (secondary N) is 2. The molecule has 1 amide bonds. The number of carbonyl (C=O) groups is 1. The lowest BCUT2D eigenvalue weighted by Gasteiger charge is -2.12. The predicted octanol–water partition coefficient (Wildman–Crippen LogP) is 2.96. The number of benzene rings is 2. The summed E-state index contributed by atoms with van der Waals surface area (Å²) in [7, 11) is 1.56. The van der Waals surface area contributed by atoms with E-state index in [9.17, 15) is 4.79 Å². The molecule has 0 saturated heterocycles. The molecule has 0 atom stereocenters. The summed E-state index contributed by atoms with van der Waals surface area (Å²) in [5, 5.41) is 6.35. The highest BCUT2D eigenvalue weighted by Crippen LogP contribution is 2.27. The fraction of sp³-hybridized carbons (Fsp3) is 0.235. The molecule has 0 aromatic heterocycles. The lowest BCUT2D eigenvalue weighted by Crippen LogP contribution is -2.33. The zero-order valence-electron chi connectivity index (χ0n) is 12.8. The minimum atomic E-state index is -0.135. The lowest BCUT2D eigenvalue weighted by atomic mass is 10.3. The molecule has 2 rings (SSSR count). The second kappa shape index (κ2) is 8.90. The van der Waals surface area contributed by atoms with Crippen LogP contribution in [0.2, 0.25) is 5.02 Å². The van der Waals surface area contributed by atoms with Crippen LogP contribution in [-0.2, 0) is 4.79 Å². The molecule has 2 aromatic carbocycles. The van der Waals surface area contributed by atoms with Crippen molar-refractivity contribution in [2.45, 2.75) is 0 Å². The molecule has 122 valence electrons. The number of anilines is 1. The minimum Gasteiger partial charge on any atom is -0.495 e. The number of carbonyl (C=O) groups excluding carboxylic acids is 1. The number of ether oxygens (including phenoxy) is 2. The van der Waals surface area contributed by atoms with E-state index in [0.29, 0.717) is 29.6 Å². The summed E-state index contributed by atoms with van der Waals surface area (Å²) in [6.45, 7) is 0.973. The molecule has 0 aliphatic heterocycles. The fourth-order valence-corrected chi connectivity index (χ4v) is 2.10. The van der Waals surface area contributed by atoms with E-state index >= 15 is 0 Å². The van der Waals surface area contributed by atoms with E-state index in [4.69, 9.17) is 21.1 Å². The maximum atomic E-state index is 11.8.